The van der Waals surface area contributed by atoms with Gasteiger partial charge in [-0.1, -0.05) is 134 Å². The molecule has 2 aliphatic heterocycles. The van der Waals surface area contributed by atoms with Crippen LogP contribution in [0.3, 0.4) is 0 Å². The normalized spacial score (nSPS) is 19.8. The van der Waals surface area contributed by atoms with Crippen LogP contribution in [-0.2, 0) is 23.9 Å². The van der Waals surface area contributed by atoms with E-state index < -0.39 is 0 Å². The van der Waals surface area contributed by atoms with E-state index in [1.807, 2.05) is 0 Å². The Morgan fingerprint density at radius 2 is 1.33 bits per heavy atom. The van der Waals surface area contributed by atoms with Crippen molar-refractivity contribution in [1.82, 2.24) is 0 Å². The Bertz CT molecular complexity index is 2050. The zero-order chi connectivity index (χ0) is 34.3. The molecule has 0 unspecified atom stereocenters. The highest BCUT2D eigenvalue weighted by Gasteiger charge is 2.44. The van der Waals surface area contributed by atoms with Crippen molar-refractivity contribution in [2.24, 2.45) is 0 Å². The first-order chi connectivity index (χ1) is 23.5. The summed E-state index contributed by atoms with van der Waals surface area (Å²) in [6, 6.07) is 35.6. The van der Waals surface area contributed by atoms with Crippen LogP contribution >= 0.6 is 11.6 Å². The predicted molar refractivity (Wildman–Crippen MR) is 208 cm³/mol. The van der Waals surface area contributed by atoms with E-state index in [-0.39, 0.29) is 10.8 Å². The smallest absolute Gasteiger partial charge is 0.210 e. The topological polar surface area (TPSA) is 6.25 Å². The number of para-hydroxylation sites is 2. The summed E-state index contributed by atoms with van der Waals surface area (Å²) >= 11 is 7.30. The second kappa shape index (κ2) is 13.1. The second-order valence-electron chi connectivity index (χ2n) is 15.1. The molecule has 4 aromatic carbocycles. The van der Waals surface area contributed by atoms with Crippen molar-refractivity contribution >= 4 is 28.7 Å². The molecule has 0 N–H and O–H groups in total. The van der Waals surface area contributed by atoms with Gasteiger partial charge in [-0.2, -0.15) is 4.58 Å². The van der Waals surface area contributed by atoms with Crippen molar-refractivity contribution < 1.29 is 4.58 Å². The molecule has 0 amide bonds. The minimum Gasteiger partial charge on any atom is -0.340 e. The first-order valence-corrected chi connectivity index (χ1v) is 18.1. The van der Waals surface area contributed by atoms with Gasteiger partial charge in [-0.3, -0.25) is 0 Å². The van der Waals surface area contributed by atoms with E-state index in [0.717, 1.165) is 37.4 Å². The van der Waals surface area contributed by atoms with Gasteiger partial charge in [0.15, 0.2) is 12.3 Å². The van der Waals surface area contributed by atoms with Gasteiger partial charge in [0.25, 0.3) is 0 Å². The van der Waals surface area contributed by atoms with Crippen LogP contribution in [0.25, 0.3) is 0 Å². The van der Waals surface area contributed by atoms with Gasteiger partial charge in [0, 0.05) is 51.6 Å². The van der Waals surface area contributed by atoms with Crippen LogP contribution in [0.15, 0.2) is 143 Å². The number of rotatable bonds is 7. The average Bonchev–Trinajstić information content (AvgIpc) is 3.44. The van der Waals surface area contributed by atoms with E-state index in [4.69, 9.17) is 11.6 Å². The third-order valence-electron chi connectivity index (χ3n) is 10.9. The number of hydrogen-bond acceptors (Lipinski definition) is 1. The fourth-order valence-corrected chi connectivity index (χ4v) is 8.26. The van der Waals surface area contributed by atoms with Gasteiger partial charge >= 0.3 is 0 Å². The van der Waals surface area contributed by atoms with E-state index in [1.54, 1.807) is 0 Å². The van der Waals surface area contributed by atoms with Crippen LogP contribution in [0.5, 0.6) is 0 Å². The second-order valence-corrected chi connectivity index (χ2v) is 15.5. The van der Waals surface area contributed by atoms with E-state index >= 15 is 0 Å². The maximum atomic E-state index is 7.30. The third kappa shape index (κ3) is 6.28. The van der Waals surface area contributed by atoms with Crippen molar-refractivity contribution in [2.75, 3.05) is 4.90 Å². The van der Waals surface area contributed by atoms with Crippen LogP contribution in [0.2, 0.25) is 0 Å². The molecule has 3 heteroatoms. The number of benzene rings is 4. The molecule has 3 aliphatic rings. The standard InChI is InChI=1S/C46H48ClN2/c1-32-18-22-34(23-19-32)30-48-40-16-9-7-14-38(40)45(3,4)42(48)28-26-36-12-11-13-37(44(36)47)27-29-43-46(5,6)39-15-8-10-17-41(39)49(43)31-35-24-20-33(2)21-25-35/h7-10,14-29H,11-13,30-31H2,1-6H3/q+1. The SMILES string of the molecule is Cc1ccc(CN2/C(=C\C=C3\CCCC(/C=C/C4=[N+](Cc5ccc(C)cc5)c5ccccc5C4(C)C)=C3Cl)C(C)(C)c3ccccc32)cc1. The number of fused-ring (bicyclic) bond motifs is 2. The van der Waals surface area contributed by atoms with Crippen LogP contribution in [0.4, 0.5) is 11.4 Å². The minimum atomic E-state index is -0.119. The Kier molecular flexibility index (Phi) is 8.88. The molecule has 248 valence electrons. The summed E-state index contributed by atoms with van der Waals surface area (Å²) in [6.45, 7) is 15.4. The Labute approximate surface area is 298 Å². The van der Waals surface area contributed by atoms with Crippen LogP contribution in [-0.4, -0.2) is 10.3 Å². The molecule has 49 heavy (non-hydrogen) atoms. The molecule has 1 aliphatic carbocycles. The fourth-order valence-electron chi connectivity index (χ4n) is 7.94. The number of halogens is 1. The van der Waals surface area contributed by atoms with Crippen molar-refractivity contribution in [3.8, 4) is 0 Å². The summed E-state index contributed by atoms with van der Waals surface area (Å²) in [5.41, 5.74) is 15.3. The summed E-state index contributed by atoms with van der Waals surface area (Å²) in [4.78, 5) is 2.50. The van der Waals surface area contributed by atoms with E-state index in [9.17, 15) is 0 Å². The van der Waals surface area contributed by atoms with Crippen molar-refractivity contribution in [2.45, 2.75) is 84.7 Å². The lowest BCUT2D eigenvalue weighted by atomic mass is 9.81. The number of hydrogen-bond donors (Lipinski definition) is 0. The average molecular weight is 664 g/mol. The van der Waals surface area contributed by atoms with Crippen LogP contribution < -0.4 is 4.90 Å². The van der Waals surface area contributed by atoms with Gasteiger partial charge in [0.05, 0.1) is 5.41 Å². The number of allylic oxidation sites excluding steroid dienone is 8. The highest BCUT2D eigenvalue weighted by molar-refractivity contribution is 6.32. The molecule has 0 spiro atoms. The first kappa shape index (κ1) is 33.1. The van der Waals surface area contributed by atoms with Gasteiger partial charge < -0.3 is 4.90 Å². The van der Waals surface area contributed by atoms with E-state index in [0.29, 0.717) is 0 Å². The third-order valence-corrected chi connectivity index (χ3v) is 11.3. The molecule has 0 fully saturated rings. The zero-order valence-electron chi connectivity index (χ0n) is 29.9. The quantitative estimate of drug-likeness (QED) is 0.178. The number of aryl methyl sites for hydroxylation is 2. The van der Waals surface area contributed by atoms with Crippen molar-refractivity contribution in [3.05, 3.63) is 177 Å². The molecule has 4 aromatic rings. The molecule has 0 saturated heterocycles. The Balaban J connectivity index is 1.23. The lowest BCUT2D eigenvalue weighted by Crippen LogP contribution is -2.27. The van der Waals surface area contributed by atoms with Crippen molar-refractivity contribution in [3.63, 3.8) is 0 Å². The Morgan fingerprint density at radius 1 is 0.694 bits per heavy atom. The summed E-state index contributed by atoms with van der Waals surface area (Å²) < 4.78 is 2.50. The van der Waals surface area contributed by atoms with E-state index in [2.05, 4.69) is 172 Å². The van der Waals surface area contributed by atoms with Gasteiger partial charge in [-0.05, 0) is 81.4 Å². The highest BCUT2D eigenvalue weighted by atomic mass is 35.5. The van der Waals surface area contributed by atoms with Gasteiger partial charge in [0.1, 0.15) is 0 Å². The van der Waals surface area contributed by atoms with Crippen molar-refractivity contribution in [1.29, 1.82) is 0 Å². The molecule has 0 bridgehead atoms. The van der Waals surface area contributed by atoms with Crippen LogP contribution in [0, 0.1) is 13.8 Å². The first-order valence-electron chi connectivity index (χ1n) is 17.7. The molecular weight excluding hydrogens is 616 g/mol. The fraction of sp³-hybridized carbons (Fsp3) is 0.283. The van der Waals surface area contributed by atoms with Gasteiger partial charge in [0.2, 0.25) is 5.69 Å². The molecule has 7 rings (SSSR count). The maximum Gasteiger partial charge on any atom is 0.210 e. The molecule has 2 nitrogen and oxygen atoms in total. The lowest BCUT2D eigenvalue weighted by molar-refractivity contribution is -0.455. The highest BCUT2D eigenvalue weighted by Crippen LogP contribution is 2.48. The largest absolute Gasteiger partial charge is 0.340 e. The Morgan fingerprint density at radius 3 is 2.04 bits per heavy atom. The van der Waals surface area contributed by atoms with Gasteiger partial charge in [-0.25, -0.2) is 0 Å². The molecule has 0 atom stereocenters. The Hall–Kier alpha value is -4.40. The molecule has 0 radical (unpaired) electrons. The lowest BCUT2D eigenvalue weighted by Gasteiger charge is -2.27. The number of nitrogens with zero attached hydrogens (tertiary/aromatic N) is 2. The summed E-state index contributed by atoms with van der Waals surface area (Å²) in [5.74, 6) is 0. The summed E-state index contributed by atoms with van der Waals surface area (Å²) in [7, 11) is 0. The van der Waals surface area contributed by atoms with Gasteiger partial charge in [-0.15, -0.1) is 0 Å². The molecule has 0 saturated carbocycles. The summed E-state index contributed by atoms with van der Waals surface area (Å²) in [6.07, 6.45) is 12.3. The molecular formula is C46H48ClN2+. The molecule has 0 aromatic heterocycles. The minimum absolute atomic E-state index is 0.119. The van der Waals surface area contributed by atoms with Crippen LogP contribution in [0.1, 0.15) is 80.3 Å². The summed E-state index contributed by atoms with van der Waals surface area (Å²) in [5, 5.41) is 0.900. The van der Waals surface area contributed by atoms with E-state index in [1.165, 1.54) is 67.3 Å². The monoisotopic (exact) mass is 663 g/mol. The zero-order valence-corrected chi connectivity index (χ0v) is 30.6. The number of anilines is 1. The predicted octanol–water partition coefficient (Wildman–Crippen LogP) is 11.9. The molecule has 2 heterocycles. The maximum absolute atomic E-state index is 7.30.